The van der Waals surface area contributed by atoms with E-state index in [-0.39, 0.29) is 5.91 Å². The summed E-state index contributed by atoms with van der Waals surface area (Å²) in [6, 6.07) is 7.48. The van der Waals surface area contributed by atoms with Crippen molar-refractivity contribution in [2.45, 2.75) is 6.54 Å². The van der Waals surface area contributed by atoms with Crippen molar-refractivity contribution < 1.29 is 14.6 Å². The van der Waals surface area contributed by atoms with E-state index in [0.29, 0.717) is 13.2 Å². The molecule has 1 aromatic carbocycles. The number of amides is 1. The molecule has 94 valence electrons. The lowest BCUT2D eigenvalue weighted by Crippen LogP contribution is -2.25. The van der Waals surface area contributed by atoms with Crippen molar-refractivity contribution >= 4 is 5.91 Å². The maximum absolute atomic E-state index is 10.8. The highest BCUT2D eigenvalue weighted by Gasteiger charge is 1.99. The lowest BCUT2D eigenvalue weighted by molar-refractivity contribution is -0.123. The van der Waals surface area contributed by atoms with E-state index in [9.17, 15) is 4.79 Å². The van der Waals surface area contributed by atoms with Crippen LogP contribution in [-0.2, 0) is 11.3 Å². The molecule has 1 aromatic rings. The number of aliphatic hydroxyl groups is 1. The standard InChI is InChI=1S/C12H18N2O3/c1-13-6-7-17-11-4-2-10(3-5-11)8-14-12(16)9-15/h2-5,13,15H,6-9H2,1H3,(H,14,16). The Labute approximate surface area is 101 Å². The molecular formula is C12H18N2O3. The molecular weight excluding hydrogens is 220 g/mol. The second kappa shape index (κ2) is 7.65. The van der Waals surface area contributed by atoms with Gasteiger partial charge in [-0.1, -0.05) is 12.1 Å². The number of nitrogens with one attached hydrogen (secondary N) is 2. The zero-order valence-electron chi connectivity index (χ0n) is 9.90. The van der Waals surface area contributed by atoms with Gasteiger partial charge in [-0.2, -0.15) is 0 Å². The third-order valence-corrected chi connectivity index (χ3v) is 2.18. The number of hydrogen-bond acceptors (Lipinski definition) is 4. The monoisotopic (exact) mass is 238 g/mol. The fourth-order valence-corrected chi connectivity index (χ4v) is 1.23. The van der Waals surface area contributed by atoms with Crippen LogP contribution in [0.5, 0.6) is 5.75 Å². The number of ether oxygens (including phenoxy) is 1. The third-order valence-electron chi connectivity index (χ3n) is 2.18. The molecule has 0 fully saturated rings. The molecule has 0 spiro atoms. The summed E-state index contributed by atoms with van der Waals surface area (Å²) in [5.74, 6) is 0.428. The van der Waals surface area contributed by atoms with Gasteiger partial charge in [-0.05, 0) is 24.7 Å². The molecule has 1 amide bonds. The van der Waals surface area contributed by atoms with Gasteiger partial charge in [-0.25, -0.2) is 0 Å². The van der Waals surface area contributed by atoms with Crippen molar-refractivity contribution in [2.75, 3.05) is 26.8 Å². The molecule has 0 radical (unpaired) electrons. The van der Waals surface area contributed by atoms with E-state index >= 15 is 0 Å². The van der Waals surface area contributed by atoms with Gasteiger partial charge in [-0.3, -0.25) is 4.79 Å². The summed E-state index contributed by atoms with van der Waals surface area (Å²) in [4.78, 5) is 10.8. The van der Waals surface area contributed by atoms with Crippen LogP contribution in [0.2, 0.25) is 0 Å². The molecule has 0 unspecified atom stereocenters. The minimum atomic E-state index is -0.481. The molecule has 0 heterocycles. The second-order valence-corrected chi connectivity index (χ2v) is 3.53. The quantitative estimate of drug-likeness (QED) is 0.580. The minimum Gasteiger partial charge on any atom is -0.492 e. The number of hydrogen-bond donors (Lipinski definition) is 3. The van der Waals surface area contributed by atoms with E-state index in [4.69, 9.17) is 9.84 Å². The normalized spacial score (nSPS) is 10.0. The molecule has 0 aromatic heterocycles. The maximum Gasteiger partial charge on any atom is 0.245 e. The van der Waals surface area contributed by atoms with Crippen molar-refractivity contribution in [1.29, 1.82) is 0 Å². The van der Waals surface area contributed by atoms with Crippen LogP contribution in [0.1, 0.15) is 5.56 Å². The van der Waals surface area contributed by atoms with Gasteiger partial charge in [0.15, 0.2) is 0 Å². The molecule has 17 heavy (non-hydrogen) atoms. The highest BCUT2D eigenvalue weighted by atomic mass is 16.5. The van der Waals surface area contributed by atoms with Crippen LogP contribution in [-0.4, -0.2) is 37.8 Å². The number of aliphatic hydroxyl groups excluding tert-OH is 1. The van der Waals surface area contributed by atoms with Crippen molar-refractivity contribution in [2.24, 2.45) is 0 Å². The van der Waals surface area contributed by atoms with Crippen LogP contribution in [0.25, 0.3) is 0 Å². The number of rotatable bonds is 7. The number of carbonyl (C=O) groups is 1. The molecule has 5 heteroatoms. The van der Waals surface area contributed by atoms with Gasteiger partial charge in [0.1, 0.15) is 19.0 Å². The number of carbonyl (C=O) groups excluding carboxylic acids is 1. The Morgan fingerprint density at radius 1 is 1.35 bits per heavy atom. The van der Waals surface area contributed by atoms with Crippen LogP contribution in [0.3, 0.4) is 0 Å². The topological polar surface area (TPSA) is 70.6 Å². The third kappa shape index (κ3) is 5.33. The largest absolute Gasteiger partial charge is 0.492 e. The summed E-state index contributed by atoms with van der Waals surface area (Å²) in [5, 5.41) is 14.1. The highest BCUT2D eigenvalue weighted by Crippen LogP contribution is 2.11. The van der Waals surface area contributed by atoms with Gasteiger partial charge < -0.3 is 20.5 Å². The summed E-state index contributed by atoms with van der Waals surface area (Å²) < 4.78 is 5.46. The molecule has 1 rings (SSSR count). The van der Waals surface area contributed by atoms with E-state index in [1.165, 1.54) is 0 Å². The Hall–Kier alpha value is -1.59. The maximum atomic E-state index is 10.8. The first-order chi connectivity index (χ1) is 8.26. The smallest absolute Gasteiger partial charge is 0.245 e. The SMILES string of the molecule is CNCCOc1ccc(CNC(=O)CO)cc1. The van der Waals surface area contributed by atoms with Gasteiger partial charge in [0.25, 0.3) is 0 Å². The summed E-state index contributed by atoms with van der Waals surface area (Å²) in [7, 11) is 1.87. The molecule has 5 nitrogen and oxygen atoms in total. The van der Waals surface area contributed by atoms with Crippen LogP contribution in [0.15, 0.2) is 24.3 Å². The fraction of sp³-hybridized carbons (Fsp3) is 0.417. The number of likely N-dealkylation sites (N-methyl/N-ethyl adjacent to an activating group) is 1. The molecule has 0 saturated heterocycles. The Balaban J connectivity index is 2.36. The predicted molar refractivity (Wildman–Crippen MR) is 64.8 cm³/mol. The minimum absolute atomic E-state index is 0.376. The molecule has 0 aliphatic rings. The molecule has 0 aliphatic heterocycles. The lowest BCUT2D eigenvalue weighted by atomic mass is 10.2. The lowest BCUT2D eigenvalue weighted by Gasteiger charge is -2.07. The zero-order chi connectivity index (χ0) is 12.5. The van der Waals surface area contributed by atoms with E-state index < -0.39 is 6.61 Å². The van der Waals surface area contributed by atoms with Crippen LogP contribution < -0.4 is 15.4 Å². The Bertz CT molecular complexity index is 338. The Morgan fingerprint density at radius 3 is 2.65 bits per heavy atom. The molecule has 0 atom stereocenters. The number of benzene rings is 1. The Morgan fingerprint density at radius 2 is 2.06 bits per heavy atom. The molecule has 0 aliphatic carbocycles. The molecule has 0 saturated carbocycles. The van der Waals surface area contributed by atoms with Crippen LogP contribution in [0, 0.1) is 0 Å². The van der Waals surface area contributed by atoms with Gasteiger partial charge >= 0.3 is 0 Å². The average molecular weight is 238 g/mol. The van der Waals surface area contributed by atoms with Crippen molar-refractivity contribution in [3.05, 3.63) is 29.8 Å². The summed E-state index contributed by atoms with van der Waals surface area (Å²) in [6.07, 6.45) is 0. The van der Waals surface area contributed by atoms with Crippen LogP contribution in [0.4, 0.5) is 0 Å². The van der Waals surface area contributed by atoms with Crippen LogP contribution >= 0.6 is 0 Å². The van der Waals surface area contributed by atoms with Gasteiger partial charge in [-0.15, -0.1) is 0 Å². The summed E-state index contributed by atoms with van der Waals surface area (Å²) >= 11 is 0. The van der Waals surface area contributed by atoms with E-state index in [2.05, 4.69) is 10.6 Å². The van der Waals surface area contributed by atoms with Gasteiger partial charge in [0, 0.05) is 13.1 Å². The van der Waals surface area contributed by atoms with Gasteiger partial charge in [0.2, 0.25) is 5.91 Å². The Kier molecular flexibility index (Phi) is 6.06. The van der Waals surface area contributed by atoms with Crippen molar-refractivity contribution in [1.82, 2.24) is 10.6 Å². The zero-order valence-corrected chi connectivity index (χ0v) is 9.90. The first kappa shape index (κ1) is 13.5. The van der Waals surface area contributed by atoms with Crippen molar-refractivity contribution in [3.63, 3.8) is 0 Å². The molecule has 3 N–H and O–H groups in total. The van der Waals surface area contributed by atoms with E-state index in [1.807, 2.05) is 31.3 Å². The summed E-state index contributed by atoms with van der Waals surface area (Å²) in [6.45, 7) is 1.35. The fourth-order valence-electron chi connectivity index (χ4n) is 1.23. The highest BCUT2D eigenvalue weighted by molar-refractivity contribution is 5.76. The van der Waals surface area contributed by atoms with E-state index in [1.54, 1.807) is 0 Å². The van der Waals surface area contributed by atoms with E-state index in [0.717, 1.165) is 17.9 Å². The first-order valence-corrected chi connectivity index (χ1v) is 5.50. The van der Waals surface area contributed by atoms with Crippen molar-refractivity contribution in [3.8, 4) is 5.75 Å². The predicted octanol–water partition coefficient (Wildman–Crippen LogP) is -0.107. The van der Waals surface area contributed by atoms with Gasteiger partial charge in [0.05, 0.1) is 0 Å². The average Bonchev–Trinajstić information content (AvgIpc) is 2.37. The summed E-state index contributed by atoms with van der Waals surface area (Å²) in [5.41, 5.74) is 0.966. The molecule has 0 bridgehead atoms. The first-order valence-electron chi connectivity index (χ1n) is 5.50. The second-order valence-electron chi connectivity index (χ2n) is 3.53.